The highest BCUT2D eigenvalue weighted by Gasteiger charge is 2.22. The monoisotopic (exact) mass is 296 g/mol. The van der Waals surface area contributed by atoms with E-state index in [9.17, 15) is 4.79 Å². The normalized spacial score (nSPS) is 16.2. The van der Waals surface area contributed by atoms with Gasteiger partial charge in [0.1, 0.15) is 5.75 Å². The van der Waals surface area contributed by atoms with Crippen LogP contribution >= 0.6 is 11.6 Å². The highest BCUT2D eigenvalue weighted by molar-refractivity contribution is 6.31. The fraction of sp³-hybridized carbons (Fsp3) is 0.533. The Kier molecular flexibility index (Phi) is 5.26. The zero-order chi connectivity index (χ0) is 14.5. The molecule has 1 aliphatic heterocycles. The van der Waals surface area contributed by atoms with Crippen LogP contribution < -0.4 is 10.5 Å². The molecule has 1 aromatic carbocycles. The Morgan fingerprint density at radius 1 is 1.45 bits per heavy atom. The molecule has 0 spiro atoms. The lowest BCUT2D eigenvalue weighted by Gasteiger charge is -2.31. The topological polar surface area (TPSA) is 55.6 Å². The van der Waals surface area contributed by atoms with Crippen LogP contribution in [0.1, 0.15) is 18.4 Å². The fourth-order valence-electron chi connectivity index (χ4n) is 2.49. The van der Waals surface area contributed by atoms with E-state index in [1.54, 1.807) is 13.2 Å². The van der Waals surface area contributed by atoms with Crippen molar-refractivity contribution in [1.29, 1.82) is 0 Å². The van der Waals surface area contributed by atoms with Gasteiger partial charge < -0.3 is 15.4 Å². The molecule has 1 aromatic rings. The van der Waals surface area contributed by atoms with Gasteiger partial charge in [-0.2, -0.15) is 0 Å². The molecule has 1 heterocycles. The van der Waals surface area contributed by atoms with Crippen molar-refractivity contribution in [3.8, 4) is 5.75 Å². The number of benzene rings is 1. The lowest BCUT2D eigenvalue weighted by molar-refractivity contribution is -0.131. The van der Waals surface area contributed by atoms with Crippen molar-refractivity contribution in [2.24, 2.45) is 11.7 Å². The van der Waals surface area contributed by atoms with E-state index in [0.717, 1.165) is 31.5 Å². The van der Waals surface area contributed by atoms with Crippen molar-refractivity contribution >= 4 is 17.5 Å². The maximum atomic E-state index is 12.3. The first kappa shape index (κ1) is 15.1. The molecule has 0 atom stereocenters. The van der Waals surface area contributed by atoms with Crippen LogP contribution in [0, 0.1) is 5.92 Å². The van der Waals surface area contributed by atoms with Crippen molar-refractivity contribution in [3.63, 3.8) is 0 Å². The van der Waals surface area contributed by atoms with E-state index >= 15 is 0 Å². The van der Waals surface area contributed by atoms with Gasteiger partial charge in [-0.15, -0.1) is 0 Å². The van der Waals surface area contributed by atoms with Crippen LogP contribution in [0.25, 0.3) is 0 Å². The molecule has 2 N–H and O–H groups in total. The first-order valence-corrected chi connectivity index (χ1v) is 7.32. The van der Waals surface area contributed by atoms with Crippen molar-refractivity contribution in [2.75, 3.05) is 26.7 Å². The van der Waals surface area contributed by atoms with Gasteiger partial charge in [-0.3, -0.25) is 4.79 Å². The van der Waals surface area contributed by atoms with Crippen LogP contribution in [-0.2, 0) is 11.2 Å². The van der Waals surface area contributed by atoms with Crippen molar-refractivity contribution < 1.29 is 9.53 Å². The van der Waals surface area contributed by atoms with E-state index in [4.69, 9.17) is 22.1 Å². The lowest BCUT2D eigenvalue weighted by atomic mass is 9.96. The van der Waals surface area contributed by atoms with Crippen LogP contribution in [0.2, 0.25) is 5.02 Å². The zero-order valence-corrected chi connectivity index (χ0v) is 12.5. The Morgan fingerprint density at radius 2 is 2.15 bits per heavy atom. The average molecular weight is 297 g/mol. The maximum Gasteiger partial charge on any atom is 0.227 e. The van der Waals surface area contributed by atoms with Gasteiger partial charge in [0.15, 0.2) is 0 Å². The number of carbonyl (C=O) groups excluding carboxylic acids is 1. The summed E-state index contributed by atoms with van der Waals surface area (Å²) in [5, 5.41) is 0.578. The summed E-state index contributed by atoms with van der Waals surface area (Å²) in [6.07, 6.45) is 2.34. The highest BCUT2D eigenvalue weighted by atomic mass is 35.5. The molecule has 0 radical (unpaired) electrons. The van der Waals surface area contributed by atoms with Gasteiger partial charge in [0.25, 0.3) is 0 Å². The lowest BCUT2D eigenvalue weighted by Crippen LogP contribution is -2.40. The molecule has 1 aliphatic rings. The number of amides is 1. The van der Waals surface area contributed by atoms with E-state index in [-0.39, 0.29) is 5.91 Å². The van der Waals surface area contributed by atoms with Gasteiger partial charge in [-0.1, -0.05) is 17.7 Å². The third-order valence-electron chi connectivity index (χ3n) is 3.90. The number of rotatable bonds is 4. The summed E-state index contributed by atoms with van der Waals surface area (Å²) in [4.78, 5) is 14.2. The number of piperidine rings is 1. The molecule has 1 amide bonds. The van der Waals surface area contributed by atoms with E-state index in [1.807, 2.05) is 17.0 Å². The smallest absolute Gasteiger partial charge is 0.227 e. The van der Waals surface area contributed by atoms with E-state index < -0.39 is 0 Å². The van der Waals surface area contributed by atoms with E-state index in [0.29, 0.717) is 29.7 Å². The quantitative estimate of drug-likeness (QED) is 0.925. The number of methoxy groups -OCH3 is 1. The number of likely N-dealkylation sites (tertiary alicyclic amines) is 1. The van der Waals surface area contributed by atoms with Crippen LogP contribution in [0.3, 0.4) is 0 Å². The van der Waals surface area contributed by atoms with Crippen LogP contribution in [0.4, 0.5) is 0 Å². The molecule has 20 heavy (non-hydrogen) atoms. The van der Waals surface area contributed by atoms with Gasteiger partial charge in [-0.25, -0.2) is 0 Å². The van der Waals surface area contributed by atoms with Crippen LogP contribution in [0.5, 0.6) is 5.75 Å². The number of ether oxygens (including phenoxy) is 1. The largest absolute Gasteiger partial charge is 0.497 e. The molecular formula is C15H21ClN2O2. The molecule has 110 valence electrons. The number of hydrogen-bond acceptors (Lipinski definition) is 3. The molecule has 5 heteroatoms. The first-order chi connectivity index (χ1) is 9.63. The minimum absolute atomic E-state index is 0.132. The summed E-state index contributed by atoms with van der Waals surface area (Å²) in [5.74, 6) is 1.39. The highest BCUT2D eigenvalue weighted by Crippen LogP contribution is 2.24. The summed E-state index contributed by atoms with van der Waals surface area (Å²) in [6, 6.07) is 5.42. The van der Waals surface area contributed by atoms with Gasteiger partial charge in [0, 0.05) is 18.1 Å². The van der Waals surface area contributed by atoms with Crippen molar-refractivity contribution in [2.45, 2.75) is 19.3 Å². The van der Waals surface area contributed by atoms with Gasteiger partial charge in [-0.05, 0) is 43.0 Å². The summed E-state index contributed by atoms with van der Waals surface area (Å²) >= 11 is 6.17. The van der Waals surface area contributed by atoms with Crippen molar-refractivity contribution in [1.82, 2.24) is 4.90 Å². The minimum atomic E-state index is 0.132. The Bertz CT molecular complexity index is 471. The zero-order valence-electron chi connectivity index (χ0n) is 11.8. The molecule has 4 nitrogen and oxygen atoms in total. The molecule has 0 aromatic heterocycles. The summed E-state index contributed by atoms with van der Waals surface area (Å²) in [6.45, 7) is 2.31. The third kappa shape index (κ3) is 3.64. The van der Waals surface area contributed by atoms with E-state index in [2.05, 4.69) is 0 Å². The molecule has 0 bridgehead atoms. The minimum Gasteiger partial charge on any atom is -0.497 e. The molecule has 1 fully saturated rings. The SMILES string of the molecule is COc1ccc(CC(=O)N2CCC(CN)CC2)c(Cl)c1. The second kappa shape index (κ2) is 6.95. The number of carbonyl (C=O) groups is 1. The molecule has 0 unspecified atom stereocenters. The Morgan fingerprint density at radius 3 is 2.70 bits per heavy atom. The summed E-state index contributed by atoms with van der Waals surface area (Å²) in [7, 11) is 1.60. The molecule has 1 saturated heterocycles. The Labute approximate surface area is 124 Å². The maximum absolute atomic E-state index is 12.3. The number of nitrogens with two attached hydrogens (primary N) is 1. The predicted molar refractivity (Wildman–Crippen MR) is 80.1 cm³/mol. The average Bonchev–Trinajstić information content (AvgIpc) is 2.49. The Balaban J connectivity index is 1.95. The summed E-state index contributed by atoms with van der Waals surface area (Å²) < 4.78 is 5.10. The second-order valence-corrected chi connectivity index (χ2v) is 5.60. The molecule has 2 rings (SSSR count). The number of hydrogen-bond donors (Lipinski definition) is 1. The van der Waals surface area contributed by atoms with Gasteiger partial charge in [0.05, 0.1) is 13.5 Å². The first-order valence-electron chi connectivity index (χ1n) is 6.94. The second-order valence-electron chi connectivity index (χ2n) is 5.19. The fourth-order valence-corrected chi connectivity index (χ4v) is 2.73. The van der Waals surface area contributed by atoms with Gasteiger partial charge >= 0.3 is 0 Å². The standard InChI is InChI=1S/C15H21ClN2O2/c1-20-13-3-2-12(14(16)9-13)8-15(19)18-6-4-11(10-17)5-7-18/h2-3,9,11H,4-8,10,17H2,1H3. The van der Waals surface area contributed by atoms with E-state index in [1.165, 1.54) is 0 Å². The van der Waals surface area contributed by atoms with Crippen molar-refractivity contribution in [3.05, 3.63) is 28.8 Å². The molecule has 0 aliphatic carbocycles. The summed E-state index contributed by atoms with van der Waals surface area (Å²) in [5.41, 5.74) is 6.51. The number of nitrogens with zero attached hydrogens (tertiary/aromatic N) is 1. The predicted octanol–water partition coefficient (Wildman–Crippen LogP) is 2.09. The number of halogens is 1. The molecule has 0 saturated carbocycles. The van der Waals surface area contributed by atoms with Crippen LogP contribution in [0.15, 0.2) is 18.2 Å². The third-order valence-corrected chi connectivity index (χ3v) is 4.25. The Hall–Kier alpha value is -1.26. The van der Waals surface area contributed by atoms with Crippen LogP contribution in [-0.4, -0.2) is 37.6 Å². The molecular weight excluding hydrogens is 276 g/mol. The van der Waals surface area contributed by atoms with Gasteiger partial charge in [0.2, 0.25) is 5.91 Å².